The smallest absolute Gasteiger partial charge is 0.225 e. The Balaban J connectivity index is 1.31. The highest BCUT2D eigenvalue weighted by atomic mass is 32.2. The predicted molar refractivity (Wildman–Crippen MR) is 160 cm³/mol. The quantitative estimate of drug-likeness (QED) is 0.204. The molecule has 10 nitrogen and oxygen atoms in total. The van der Waals surface area contributed by atoms with E-state index < -0.39 is 39.8 Å². The van der Waals surface area contributed by atoms with Crippen molar-refractivity contribution in [1.82, 2.24) is 19.9 Å². The summed E-state index contributed by atoms with van der Waals surface area (Å²) in [6.07, 6.45) is 2.23. The van der Waals surface area contributed by atoms with Crippen molar-refractivity contribution in [3.8, 4) is 10.6 Å². The lowest BCUT2D eigenvalue weighted by Gasteiger charge is -2.21. The molecular weight excluding hydrogens is 579 g/mol. The van der Waals surface area contributed by atoms with Crippen molar-refractivity contribution in [3.63, 3.8) is 0 Å². The van der Waals surface area contributed by atoms with Crippen LogP contribution >= 0.6 is 11.3 Å². The van der Waals surface area contributed by atoms with Gasteiger partial charge in [0.1, 0.15) is 28.3 Å². The number of pyridine rings is 1. The van der Waals surface area contributed by atoms with Crippen LogP contribution in [0.5, 0.6) is 0 Å². The summed E-state index contributed by atoms with van der Waals surface area (Å²) in [5.74, 6) is -0.717. The number of aliphatic hydroxyl groups is 2. The molecule has 2 saturated carbocycles. The van der Waals surface area contributed by atoms with Gasteiger partial charge in [0.15, 0.2) is 9.84 Å². The number of nitrogens with zero attached hydrogens (tertiary/aromatic N) is 4. The fourth-order valence-corrected chi connectivity index (χ4v) is 8.28. The Hall–Kier alpha value is -3.26. The number of aryl methyl sites for hydroxylation is 3. The second-order valence-corrected chi connectivity index (χ2v) is 14.2. The fraction of sp³-hybridized carbons (Fsp3) is 0.448. The largest absolute Gasteiger partial charge is 0.390 e. The Bertz CT molecular complexity index is 1760. The summed E-state index contributed by atoms with van der Waals surface area (Å²) in [5.41, 5.74) is 3.31. The van der Waals surface area contributed by atoms with Crippen molar-refractivity contribution >= 4 is 43.2 Å². The summed E-state index contributed by atoms with van der Waals surface area (Å²) in [5, 5.41) is 29.3. The molecule has 0 aliphatic heterocycles. The molecule has 4 atom stereocenters. The summed E-state index contributed by atoms with van der Waals surface area (Å²) >= 11 is 1.50. The molecule has 0 unspecified atom stereocenters. The van der Waals surface area contributed by atoms with Gasteiger partial charge in [0.05, 0.1) is 44.4 Å². The van der Waals surface area contributed by atoms with E-state index in [1.807, 2.05) is 19.9 Å². The van der Waals surface area contributed by atoms with E-state index in [1.165, 1.54) is 30.4 Å². The lowest BCUT2D eigenvalue weighted by atomic mass is 10.1. The molecule has 3 aromatic heterocycles. The Kier molecular flexibility index (Phi) is 7.62. The molecule has 0 saturated heterocycles. The normalized spacial score (nSPS) is 22.5. The second kappa shape index (κ2) is 11.1. The fourth-order valence-electron chi connectivity index (χ4n) is 5.48. The molecule has 0 amide bonds. The average Bonchev–Trinajstić information content (AvgIpc) is 3.59. The SMILES string of the molecule is CCc1nccc2sc(-c3c(C)nc(NC4CC4)nc3N[C@@H]3C[C@H](CS(=O)(=O)c4ccc(F)c(C)c4)[C@@H](O)[C@H]3O)nc12. The van der Waals surface area contributed by atoms with Crippen molar-refractivity contribution in [3.05, 3.63) is 53.2 Å². The van der Waals surface area contributed by atoms with Gasteiger partial charge in [-0.15, -0.1) is 11.3 Å². The van der Waals surface area contributed by atoms with Gasteiger partial charge >= 0.3 is 0 Å². The maximum absolute atomic E-state index is 13.7. The standard InChI is InChI=1S/C29H33FN6O4S2/c1-4-20-24-22(9-10-31-20)41-28(35-24)23-15(3)32-29(33-17-5-6-17)36-27(23)34-21-12-16(25(37)26(21)38)13-42(39,40)18-7-8-19(30)14(2)11-18/h7-11,16-17,21,25-26,37-38H,4-6,12-13H2,1-3H3,(H2,32,33,34,36)/t16-,21-,25-,26+/m1/s1. The zero-order valence-corrected chi connectivity index (χ0v) is 25.1. The van der Waals surface area contributed by atoms with E-state index in [0.717, 1.165) is 41.2 Å². The van der Waals surface area contributed by atoms with Crippen molar-refractivity contribution in [2.24, 2.45) is 5.92 Å². The molecule has 6 rings (SSSR count). The second-order valence-electron chi connectivity index (χ2n) is 11.2. The van der Waals surface area contributed by atoms with Gasteiger partial charge in [-0.25, -0.2) is 22.8 Å². The van der Waals surface area contributed by atoms with Gasteiger partial charge in [0.2, 0.25) is 5.95 Å². The molecule has 4 aromatic rings. The van der Waals surface area contributed by atoms with Gasteiger partial charge in [0.25, 0.3) is 0 Å². The number of fused-ring (bicyclic) bond motifs is 1. The maximum Gasteiger partial charge on any atom is 0.225 e. The van der Waals surface area contributed by atoms with E-state index in [-0.39, 0.29) is 22.6 Å². The Labute approximate surface area is 247 Å². The zero-order chi connectivity index (χ0) is 29.8. The Morgan fingerprint density at radius 1 is 1.07 bits per heavy atom. The first-order valence-electron chi connectivity index (χ1n) is 14.1. The molecule has 13 heteroatoms. The lowest BCUT2D eigenvalue weighted by molar-refractivity contribution is 0.0216. The summed E-state index contributed by atoms with van der Waals surface area (Å²) in [6, 6.07) is 5.20. The molecule has 1 aromatic carbocycles. The van der Waals surface area contributed by atoms with E-state index in [0.29, 0.717) is 34.1 Å². The van der Waals surface area contributed by atoms with Crippen LogP contribution in [-0.4, -0.2) is 68.6 Å². The Morgan fingerprint density at radius 2 is 1.86 bits per heavy atom. The van der Waals surface area contributed by atoms with Gasteiger partial charge in [-0.05, 0) is 69.4 Å². The van der Waals surface area contributed by atoms with Crippen LogP contribution in [0.1, 0.15) is 43.1 Å². The number of hydrogen-bond donors (Lipinski definition) is 4. The topological polar surface area (TPSA) is 150 Å². The molecule has 0 bridgehead atoms. The van der Waals surface area contributed by atoms with Crippen LogP contribution in [0.4, 0.5) is 16.2 Å². The number of sulfone groups is 1. The average molecular weight is 613 g/mol. The molecule has 0 spiro atoms. The molecule has 2 aliphatic carbocycles. The van der Waals surface area contributed by atoms with Gasteiger partial charge in [-0.3, -0.25) is 4.98 Å². The first-order chi connectivity index (χ1) is 20.0. The van der Waals surface area contributed by atoms with Crippen LogP contribution in [0.3, 0.4) is 0 Å². The monoisotopic (exact) mass is 612 g/mol. The third kappa shape index (κ3) is 5.58. The molecule has 42 heavy (non-hydrogen) atoms. The van der Waals surface area contributed by atoms with Crippen LogP contribution in [-0.2, 0) is 16.3 Å². The number of rotatable bonds is 9. The van der Waals surface area contributed by atoms with Gasteiger partial charge < -0.3 is 20.8 Å². The first-order valence-corrected chi connectivity index (χ1v) is 16.5. The maximum atomic E-state index is 13.7. The minimum Gasteiger partial charge on any atom is -0.390 e. The number of benzene rings is 1. The summed E-state index contributed by atoms with van der Waals surface area (Å²) < 4.78 is 41.1. The number of halogens is 1. The molecule has 0 radical (unpaired) electrons. The van der Waals surface area contributed by atoms with Crippen LogP contribution in [0.15, 0.2) is 35.4 Å². The third-order valence-corrected chi connectivity index (χ3v) is 10.9. The molecule has 3 heterocycles. The zero-order valence-electron chi connectivity index (χ0n) is 23.5. The molecule has 2 fully saturated rings. The number of nitrogens with one attached hydrogen (secondary N) is 2. The van der Waals surface area contributed by atoms with Crippen LogP contribution in [0.2, 0.25) is 0 Å². The highest BCUT2D eigenvalue weighted by Gasteiger charge is 2.44. The Morgan fingerprint density at radius 3 is 2.57 bits per heavy atom. The van der Waals surface area contributed by atoms with E-state index in [2.05, 4.69) is 15.6 Å². The first kappa shape index (κ1) is 28.8. The number of hydrogen-bond acceptors (Lipinski definition) is 11. The highest BCUT2D eigenvalue weighted by molar-refractivity contribution is 7.91. The number of aliphatic hydroxyl groups excluding tert-OH is 2. The number of aromatic nitrogens is 4. The molecular formula is C29H33FN6O4S2. The van der Waals surface area contributed by atoms with E-state index >= 15 is 0 Å². The minimum absolute atomic E-state index is 0.0132. The van der Waals surface area contributed by atoms with Crippen LogP contribution < -0.4 is 10.6 Å². The van der Waals surface area contributed by atoms with E-state index in [1.54, 1.807) is 6.20 Å². The molecule has 2 aliphatic rings. The van der Waals surface area contributed by atoms with Gasteiger partial charge in [0, 0.05) is 18.2 Å². The van der Waals surface area contributed by atoms with Crippen LogP contribution in [0.25, 0.3) is 20.8 Å². The molecule has 222 valence electrons. The predicted octanol–water partition coefficient (Wildman–Crippen LogP) is 4.04. The number of anilines is 2. The van der Waals surface area contributed by atoms with E-state index in [9.17, 15) is 23.0 Å². The lowest BCUT2D eigenvalue weighted by Crippen LogP contribution is -2.36. The third-order valence-electron chi connectivity index (χ3n) is 7.98. The summed E-state index contributed by atoms with van der Waals surface area (Å²) in [6.45, 7) is 5.41. The van der Waals surface area contributed by atoms with E-state index in [4.69, 9.17) is 15.0 Å². The van der Waals surface area contributed by atoms with Gasteiger partial charge in [-0.1, -0.05) is 6.92 Å². The van der Waals surface area contributed by atoms with Crippen LogP contribution in [0, 0.1) is 25.6 Å². The highest BCUT2D eigenvalue weighted by Crippen LogP contribution is 2.39. The van der Waals surface area contributed by atoms with Crippen molar-refractivity contribution in [2.75, 3.05) is 16.4 Å². The number of thiazole rings is 1. The minimum atomic E-state index is -3.84. The summed E-state index contributed by atoms with van der Waals surface area (Å²) in [4.78, 5) is 18.8. The van der Waals surface area contributed by atoms with Gasteiger partial charge in [-0.2, -0.15) is 4.98 Å². The molecule has 4 N–H and O–H groups in total. The van der Waals surface area contributed by atoms with Crippen molar-refractivity contribution in [1.29, 1.82) is 0 Å². The van der Waals surface area contributed by atoms with Crippen molar-refractivity contribution in [2.45, 2.75) is 75.6 Å². The summed E-state index contributed by atoms with van der Waals surface area (Å²) in [7, 11) is -3.84. The van der Waals surface area contributed by atoms with Crippen molar-refractivity contribution < 1.29 is 23.0 Å².